The number of urea groups is 1. The number of nitriles is 1. The van der Waals surface area contributed by atoms with E-state index in [0.29, 0.717) is 71.0 Å². The molecule has 0 bridgehead atoms. The zero-order chi connectivity index (χ0) is 42.6. The number of piperidine rings is 1. The van der Waals surface area contributed by atoms with Crippen LogP contribution in [0, 0.1) is 28.9 Å². The number of imide groups is 1. The molecule has 2 N–H and O–H groups in total. The standard InChI is InChI=1S/C42H45F2N11O5S/c1-4-50(2)61-49-34-8-6-31(43)38(30(34)19-45)60-27-5-7-33-28(15-27)40(57)55(24-46-33)26-18-42(59-23-26)10-13-52(14-11-42)20-25-21-53(22-25)36-17-35-29(16-32(36)44)39(48-51(35)3)54-12-9-37(56)47-41(54)58/h5-8,15-17,24-26,49H,4,9-14,18,20-23H2,1-3H3,(H,47,56,58). The van der Waals surface area contributed by atoms with E-state index in [-0.39, 0.29) is 59.0 Å². The molecule has 2 aromatic heterocycles. The van der Waals surface area contributed by atoms with Gasteiger partial charge in [0.2, 0.25) is 5.91 Å². The molecule has 0 aliphatic carbocycles. The largest absolute Gasteiger partial charge is 0.453 e. The number of ether oxygens (including phenoxy) is 2. The minimum atomic E-state index is -0.702. The topological polar surface area (TPSA) is 166 Å². The number of hydrogen-bond donors (Lipinski definition) is 2. The fourth-order valence-electron chi connectivity index (χ4n) is 8.79. The molecule has 1 atom stereocenters. The van der Waals surface area contributed by atoms with E-state index >= 15 is 8.78 Å². The van der Waals surface area contributed by atoms with Crippen molar-refractivity contribution in [2.24, 2.45) is 13.0 Å². The van der Waals surface area contributed by atoms with Crippen LogP contribution < -0.4 is 30.1 Å². The Bertz CT molecular complexity index is 2650. The van der Waals surface area contributed by atoms with Crippen molar-refractivity contribution in [2.45, 2.75) is 44.2 Å². The SMILES string of the molecule is CCN(C)SNc1ccc(F)c(Oc2ccc3ncn(C4COC5(CCN(CC6CN(c7cc8c(cc7F)c(N7CCC(=O)NC7=O)nn8C)C6)CC5)C4)c(=O)c3c2)c1C#N. The lowest BCUT2D eigenvalue weighted by Crippen LogP contribution is -2.54. The highest BCUT2D eigenvalue weighted by Crippen LogP contribution is 2.42. The highest BCUT2D eigenvalue weighted by molar-refractivity contribution is 7.98. The Morgan fingerprint density at radius 1 is 1.08 bits per heavy atom. The van der Waals surface area contributed by atoms with Crippen LogP contribution >= 0.6 is 12.1 Å². The number of carbonyl (C=O) groups excluding carboxylic acids is 2. The van der Waals surface area contributed by atoms with Gasteiger partial charge in [-0.2, -0.15) is 10.4 Å². The maximum absolute atomic E-state index is 15.6. The molecule has 9 rings (SSSR count). The third-order valence-electron chi connectivity index (χ3n) is 12.3. The lowest BCUT2D eigenvalue weighted by Gasteiger charge is -2.45. The second-order valence-corrected chi connectivity index (χ2v) is 17.2. The lowest BCUT2D eigenvalue weighted by molar-refractivity contribution is -0.120. The van der Waals surface area contributed by atoms with E-state index in [2.05, 4.69) is 25.0 Å². The van der Waals surface area contributed by atoms with Crippen molar-refractivity contribution in [2.75, 3.05) is 74.0 Å². The van der Waals surface area contributed by atoms with E-state index in [9.17, 15) is 19.6 Å². The number of aryl methyl sites for hydroxylation is 1. The van der Waals surface area contributed by atoms with Gasteiger partial charge in [0.1, 0.15) is 23.2 Å². The van der Waals surface area contributed by atoms with E-state index in [4.69, 9.17) is 9.47 Å². The van der Waals surface area contributed by atoms with Crippen molar-refractivity contribution in [3.05, 3.63) is 76.3 Å². The molecule has 5 aromatic rings. The molecule has 6 heterocycles. The molecule has 0 saturated carbocycles. The molecule has 0 radical (unpaired) electrons. The van der Waals surface area contributed by atoms with Gasteiger partial charge in [0, 0.05) is 82.7 Å². The first-order chi connectivity index (χ1) is 29.4. The van der Waals surface area contributed by atoms with Crippen molar-refractivity contribution in [1.82, 2.24) is 33.9 Å². The number of fused-ring (bicyclic) bond motifs is 2. The van der Waals surface area contributed by atoms with Crippen LogP contribution in [0.2, 0.25) is 0 Å². The van der Waals surface area contributed by atoms with Gasteiger partial charge in [-0.05, 0) is 68.8 Å². The van der Waals surface area contributed by atoms with Crippen LogP contribution in [0.3, 0.4) is 0 Å². The molecular weight excluding hydrogens is 809 g/mol. The number of benzene rings is 3. The molecule has 19 heteroatoms. The summed E-state index contributed by atoms with van der Waals surface area (Å²) in [5.74, 6) is -0.770. The smallest absolute Gasteiger partial charge is 0.329 e. The third kappa shape index (κ3) is 7.73. The number of halogens is 2. The summed E-state index contributed by atoms with van der Waals surface area (Å²) in [5.41, 5.74) is 1.47. The Morgan fingerprint density at radius 3 is 2.64 bits per heavy atom. The summed E-state index contributed by atoms with van der Waals surface area (Å²) < 4.78 is 51.3. The molecule has 61 heavy (non-hydrogen) atoms. The Balaban J connectivity index is 0.811. The first-order valence-electron chi connectivity index (χ1n) is 20.4. The van der Waals surface area contributed by atoms with Gasteiger partial charge < -0.3 is 24.0 Å². The van der Waals surface area contributed by atoms with E-state index < -0.39 is 11.8 Å². The minimum Gasteiger partial charge on any atom is -0.453 e. The van der Waals surface area contributed by atoms with Crippen LogP contribution in [-0.4, -0.2) is 106 Å². The van der Waals surface area contributed by atoms with Gasteiger partial charge in [-0.25, -0.2) is 22.9 Å². The summed E-state index contributed by atoms with van der Waals surface area (Å²) in [4.78, 5) is 48.5. The summed E-state index contributed by atoms with van der Waals surface area (Å²) in [5, 5.41) is 17.6. The number of hydrogen-bond acceptors (Lipinski definition) is 13. The molecule has 4 aliphatic rings. The number of anilines is 3. The molecular formula is C42H45F2N11O5S. The molecule has 3 amide bonds. The quantitative estimate of drug-likeness (QED) is 0.160. The number of nitrogens with one attached hydrogen (secondary N) is 2. The summed E-state index contributed by atoms with van der Waals surface area (Å²) in [6, 6.07) is 12.0. The highest BCUT2D eigenvalue weighted by Gasteiger charge is 2.44. The van der Waals surface area contributed by atoms with Crippen molar-refractivity contribution in [3.63, 3.8) is 0 Å². The fraction of sp³-hybridized carbons (Fsp3) is 0.429. The maximum Gasteiger partial charge on any atom is 0.329 e. The first kappa shape index (κ1) is 40.6. The van der Waals surface area contributed by atoms with Crippen LogP contribution in [0.5, 0.6) is 11.5 Å². The fourth-order valence-corrected chi connectivity index (χ4v) is 9.35. The molecule has 318 valence electrons. The Kier molecular flexibility index (Phi) is 10.8. The number of amides is 3. The zero-order valence-corrected chi connectivity index (χ0v) is 34.8. The van der Waals surface area contributed by atoms with Gasteiger partial charge in [-0.1, -0.05) is 6.92 Å². The second-order valence-electron chi connectivity index (χ2n) is 16.2. The van der Waals surface area contributed by atoms with Crippen molar-refractivity contribution >= 4 is 63.1 Å². The zero-order valence-electron chi connectivity index (χ0n) is 34.0. The monoisotopic (exact) mass is 853 g/mol. The molecule has 4 fully saturated rings. The van der Waals surface area contributed by atoms with Crippen LogP contribution in [0.25, 0.3) is 21.8 Å². The third-order valence-corrected chi connectivity index (χ3v) is 13.2. The van der Waals surface area contributed by atoms with Crippen molar-refractivity contribution in [1.29, 1.82) is 5.26 Å². The predicted octanol–water partition coefficient (Wildman–Crippen LogP) is 5.53. The molecule has 1 spiro atoms. The van der Waals surface area contributed by atoms with Crippen molar-refractivity contribution in [3.8, 4) is 17.6 Å². The second kappa shape index (κ2) is 16.2. The highest BCUT2D eigenvalue weighted by atomic mass is 32.2. The van der Waals surface area contributed by atoms with Gasteiger partial charge in [0.05, 0.1) is 52.4 Å². The average molecular weight is 854 g/mol. The number of nitrogens with zero attached hydrogens (tertiary/aromatic N) is 9. The van der Waals surface area contributed by atoms with Gasteiger partial charge in [-0.3, -0.25) is 29.1 Å². The minimum absolute atomic E-state index is 0.00697. The summed E-state index contributed by atoms with van der Waals surface area (Å²) in [6.07, 6.45) is 4.02. The summed E-state index contributed by atoms with van der Waals surface area (Å²) in [7, 11) is 3.64. The maximum atomic E-state index is 15.6. The Hall–Kier alpha value is -5.81. The van der Waals surface area contributed by atoms with Gasteiger partial charge in [-0.15, -0.1) is 0 Å². The van der Waals surface area contributed by atoms with Gasteiger partial charge in [0.15, 0.2) is 17.4 Å². The molecule has 3 aromatic carbocycles. The van der Waals surface area contributed by atoms with Crippen molar-refractivity contribution < 1.29 is 27.8 Å². The number of likely N-dealkylation sites (tertiary alicyclic amines) is 1. The summed E-state index contributed by atoms with van der Waals surface area (Å²) in [6.45, 7) is 7.28. The van der Waals surface area contributed by atoms with Crippen LogP contribution in [0.4, 0.5) is 30.8 Å². The number of carbonyl (C=O) groups is 2. The average Bonchev–Trinajstić information content (AvgIpc) is 3.79. The van der Waals surface area contributed by atoms with Crippen LogP contribution in [-0.2, 0) is 16.6 Å². The normalized spacial score (nSPS) is 19.5. The summed E-state index contributed by atoms with van der Waals surface area (Å²) >= 11 is 1.28. The van der Waals surface area contributed by atoms with Crippen LogP contribution in [0.15, 0.2) is 53.6 Å². The Labute approximate surface area is 354 Å². The first-order valence-corrected chi connectivity index (χ1v) is 21.1. The van der Waals surface area contributed by atoms with Crippen LogP contribution in [0.1, 0.15) is 44.2 Å². The van der Waals surface area contributed by atoms with E-state index in [1.165, 1.54) is 41.3 Å². The van der Waals surface area contributed by atoms with E-state index in [0.717, 1.165) is 39.0 Å². The molecule has 4 aliphatic heterocycles. The van der Waals surface area contributed by atoms with E-state index in [1.807, 2.05) is 29.2 Å². The van der Waals surface area contributed by atoms with Gasteiger partial charge in [0.25, 0.3) is 5.56 Å². The number of aromatic nitrogens is 4. The Morgan fingerprint density at radius 2 is 1.89 bits per heavy atom. The van der Waals surface area contributed by atoms with Gasteiger partial charge >= 0.3 is 6.03 Å². The molecule has 4 saturated heterocycles. The number of rotatable bonds is 11. The molecule has 16 nitrogen and oxygen atoms in total. The van der Waals surface area contributed by atoms with E-state index in [1.54, 1.807) is 40.8 Å². The predicted molar refractivity (Wildman–Crippen MR) is 227 cm³/mol. The lowest BCUT2D eigenvalue weighted by atomic mass is 9.86. The molecule has 1 unspecified atom stereocenters.